The minimum absolute atomic E-state index is 0.0306. The maximum Gasteiger partial charge on any atom is 0.231 e. The summed E-state index contributed by atoms with van der Waals surface area (Å²) >= 11 is 12.8. The Balaban J connectivity index is 1.39. The molecule has 1 amide bonds. The molecular weight excluding hydrogens is 459 g/mol. The van der Waals surface area contributed by atoms with Crippen LogP contribution in [0.15, 0.2) is 60.7 Å². The van der Waals surface area contributed by atoms with Gasteiger partial charge in [0.25, 0.3) is 0 Å². The predicted molar refractivity (Wildman–Crippen MR) is 131 cm³/mol. The van der Waals surface area contributed by atoms with Crippen LogP contribution in [-0.4, -0.2) is 37.2 Å². The Kier molecular flexibility index (Phi) is 6.09. The normalized spacial score (nSPS) is 17.4. The van der Waals surface area contributed by atoms with Crippen molar-refractivity contribution < 1.29 is 14.3 Å². The van der Waals surface area contributed by atoms with Crippen molar-refractivity contribution in [2.24, 2.45) is 0 Å². The van der Waals surface area contributed by atoms with Crippen LogP contribution < -0.4 is 14.4 Å². The van der Waals surface area contributed by atoms with Crippen LogP contribution in [0.3, 0.4) is 0 Å². The molecule has 170 valence electrons. The number of carbonyl (C=O) groups is 1. The number of ether oxygens (including phenoxy) is 2. The van der Waals surface area contributed by atoms with E-state index in [1.807, 2.05) is 60.4 Å². The lowest BCUT2D eigenvalue weighted by atomic mass is 10.00. The first kappa shape index (κ1) is 21.9. The van der Waals surface area contributed by atoms with E-state index in [1.165, 1.54) is 0 Å². The van der Waals surface area contributed by atoms with Gasteiger partial charge in [-0.2, -0.15) is 0 Å². The molecule has 2 aliphatic heterocycles. The molecule has 1 saturated heterocycles. The average molecular weight is 483 g/mol. The highest BCUT2D eigenvalue weighted by Crippen LogP contribution is 2.37. The molecule has 0 radical (unpaired) electrons. The second-order valence-electron chi connectivity index (χ2n) is 8.42. The number of hydrogen-bond acceptors (Lipinski definition) is 4. The first-order valence-corrected chi connectivity index (χ1v) is 11.7. The van der Waals surface area contributed by atoms with Crippen molar-refractivity contribution in [3.05, 3.63) is 87.4 Å². The van der Waals surface area contributed by atoms with E-state index in [2.05, 4.69) is 17.0 Å². The van der Waals surface area contributed by atoms with Gasteiger partial charge in [-0.1, -0.05) is 47.5 Å². The Bertz CT molecular complexity index is 1180. The highest BCUT2D eigenvalue weighted by Gasteiger charge is 2.32. The molecule has 1 fully saturated rings. The minimum Gasteiger partial charge on any atom is -0.454 e. The number of hydrogen-bond donors (Lipinski definition) is 0. The fraction of sp³-hybridized carbons (Fsp3) is 0.269. The molecule has 0 bridgehead atoms. The number of nitrogens with zero attached hydrogens (tertiary/aromatic N) is 2. The summed E-state index contributed by atoms with van der Waals surface area (Å²) in [6, 6.07) is 19.6. The number of fused-ring (bicyclic) bond motifs is 1. The van der Waals surface area contributed by atoms with Gasteiger partial charge in [-0.25, -0.2) is 0 Å². The van der Waals surface area contributed by atoms with E-state index in [4.69, 9.17) is 32.7 Å². The van der Waals surface area contributed by atoms with E-state index in [9.17, 15) is 4.79 Å². The monoisotopic (exact) mass is 482 g/mol. The minimum atomic E-state index is -0.0306. The number of aryl methyl sites for hydroxylation is 1. The standard InChI is InChI=1S/C26H24Cl2N2O3/c1-17-2-8-22(21(28)12-17)30-11-10-29(15-23(30)19-4-6-20(27)7-5-19)26(31)14-18-3-9-24-25(13-18)33-16-32-24/h2-9,12-13,23H,10-11,14-16H2,1H3. The largest absolute Gasteiger partial charge is 0.454 e. The number of benzene rings is 3. The van der Waals surface area contributed by atoms with E-state index < -0.39 is 0 Å². The molecule has 5 nitrogen and oxygen atoms in total. The van der Waals surface area contributed by atoms with Gasteiger partial charge in [-0.05, 0) is 60.0 Å². The van der Waals surface area contributed by atoms with E-state index in [1.54, 1.807) is 0 Å². The Labute approximate surface area is 203 Å². The quantitative estimate of drug-likeness (QED) is 0.480. The molecule has 3 aromatic carbocycles. The maximum atomic E-state index is 13.2. The van der Waals surface area contributed by atoms with E-state index in [0.717, 1.165) is 28.1 Å². The Morgan fingerprint density at radius 1 is 0.970 bits per heavy atom. The summed E-state index contributed by atoms with van der Waals surface area (Å²) in [6.45, 7) is 4.12. The van der Waals surface area contributed by atoms with Gasteiger partial charge in [0.2, 0.25) is 12.7 Å². The lowest BCUT2D eigenvalue weighted by molar-refractivity contribution is -0.131. The lowest BCUT2D eigenvalue weighted by Gasteiger charge is -2.43. The summed E-state index contributed by atoms with van der Waals surface area (Å²) in [5.41, 5.74) is 4.10. The number of halogens is 2. The van der Waals surface area contributed by atoms with Crippen molar-refractivity contribution in [1.29, 1.82) is 0 Å². The molecule has 2 heterocycles. The van der Waals surface area contributed by atoms with Crippen LogP contribution in [0, 0.1) is 6.92 Å². The first-order chi connectivity index (χ1) is 16.0. The highest BCUT2D eigenvalue weighted by molar-refractivity contribution is 6.33. The van der Waals surface area contributed by atoms with Crippen molar-refractivity contribution >= 4 is 34.8 Å². The van der Waals surface area contributed by atoms with Crippen LogP contribution >= 0.6 is 23.2 Å². The molecule has 0 N–H and O–H groups in total. The van der Waals surface area contributed by atoms with Crippen LogP contribution in [0.2, 0.25) is 10.0 Å². The van der Waals surface area contributed by atoms with Gasteiger partial charge in [0, 0.05) is 24.7 Å². The molecule has 0 aliphatic carbocycles. The van der Waals surface area contributed by atoms with Gasteiger partial charge in [0.15, 0.2) is 11.5 Å². The fourth-order valence-corrected chi connectivity index (χ4v) is 4.92. The highest BCUT2D eigenvalue weighted by atomic mass is 35.5. The van der Waals surface area contributed by atoms with Crippen LogP contribution in [-0.2, 0) is 11.2 Å². The number of anilines is 1. The Hall–Kier alpha value is -2.89. The predicted octanol–water partition coefficient (Wildman–Crippen LogP) is 5.66. The summed E-state index contributed by atoms with van der Waals surface area (Å²) in [5, 5.41) is 1.40. The maximum absolute atomic E-state index is 13.2. The number of carbonyl (C=O) groups excluding carboxylic acids is 1. The summed E-state index contributed by atoms with van der Waals surface area (Å²) in [6.07, 6.45) is 0.315. The van der Waals surface area contributed by atoms with Gasteiger partial charge in [0.1, 0.15) is 0 Å². The third kappa shape index (κ3) is 4.61. The van der Waals surface area contributed by atoms with Crippen LogP contribution in [0.1, 0.15) is 22.7 Å². The van der Waals surface area contributed by atoms with E-state index in [0.29, 0.717) is 41.8 Å². The van der Waals surface area contributed by atoms with Gasteiger partial charge in [0.05, 0.1) is 23.2 Å². The van der Waals surface area contributed by atoms with Crippen LogP contribution in [0.5, 0.6) is 11.5 Å². The molecule has 0 aromatic heterocycles. The molecule has 0 spiro atoms. The summed E-state index contributed by atoms with van der Waals surface area (Å²) in [5.74, 6) is 1.50. The van der Waals surface area contributed by atoms with Gasteiger partial charge >= 0.3 is 0 Å². The summed E-state index contributed by atoms with van der Waals surface area (Å²) < 4.78 is 10.8. The Morgan fingerprint density at radius 2 is 1.76 bits per heavy atom. The summed E-state index contributed by atoms with van der Waals surface area (Å²) in [7, 11) is 0. The van der Waals surface area contributed by atoms with Gasteiger partial charge < -0.3 is 19.3 Å². The Morgan fingerprint density at radius 3 is 2.55 bits per heavy atom. The number of amides is 1. The first-order valence-electron chi connectivity index (χ1n) is 10.9. The van der Waals surface area contributed by atoms with Crippen molar-refractivity contribution in [2.75, 3.05) is 31.3 Å². The molecule has 0 saturated carbocycles. The second-order valence-corrected chi connectivity index (χ2v) is 9.26. The zero-order valence-corrected chi connectivity index (χ0v) is 19.8. The number of rotatable bonds is 4. The molecule has 5 rings (SSSR count). The number of piperazine rings is 1. The van der Waals surface area contributed by atoms with Crippen molar-refractivity contribution in [3.8, 4) is 11.5 Å². The smallest absolute Gasteiger partial charge is 0.231 e. The third-order valence-corrected chi connectivity index (χ3v) is 6.75. The molecule has 3 aromatic rings. The van der Waals surface area contributed by atoms with Crippen molar-refractivity contribution in [2.45, 2.75) is 19.4 Å². The lowest BCUT2D eigenvalue weighted by Crippen LogP contribution is -2.51. The van der Waals surface area contributed by atoms with Gasteiger partial charge in [-0.15, -0.1) is 0 Å². The van der Waals surface area contributed by atoms with Crippen LogP contribution in [0.4, 0.5) is 5.69 Å². The van der Waals surface area contributed by atoms with Gasteiger partial charge in [-0.3, -0.25) is 4.79 Å². The molecule has 2 aliphatic rings. The molecular formula is C26H24Cl2N2O3. The summed E-state index contributed by atoms with van der Waals surface area (Å²) in [4.78, 5) is 17.5. The van der Waals surface area contributed by atoms with Crippen LogP contribution in [0.25, 0.3) is 0 Å². The zero-order chi connectivity index (χ0) is 22.9. The molecule has 1 unspecified atom stereocenters. The topological polar surface area (TPSA) is 42.0 Å². The van der Waals surface area contributed by atoms with Crippen molar-refractivity contribution in [1.82, 2.24) is 4.90 Å². The van der Waals surface area contributed by atoms with E-state index in [-0.39, 0.29) is 18.7 Å². The third-order valence-electron chi connectivity index (χ3n) is 6.19. The van der Waals surface area contributed by atoms with E-state index >= 15 is 0 Å². The fourth-order valence-electron chi connectivity index (χ4n) is 4.45. The molecule has 1 atom stereocenters. The molecule has 7 heteroatoms. The second kappa shape index (κ2) is 9.16. The van der Waals surface area contributed by atoms with Crippen molar-refractivity contribution in [3.63, 3.8) is 0 Å². The average Bonchev–Trinajstić information content (AvgIpc) is 3.27. The SMILES string of the molecule is Cc1ccc(N2CCN(C(=O)Cc3ccc4c(c3)OCO4)CC2c2ccc(Cl)cc2)c(Cl)c1. The molecule has 33 heavy (non-hydrogen) atoms. The zero-order valence-electron chi connectivity index (χ0n) is 18.3.